The summed E-state index contributed by atoms with van der Waals surface area (Å²) >= 11 is 0. The van der Waals surface area contributed by atoms with Crippen molar-refractivity contribution in [1.29, 1.82) is 0 Å². The highest BCUT2D eigenvalue weighted by atomic mass is 32.2. The number of nitrogens with zero attached hydrogens (tertiary/aromatic N) is 5. The average Bonchev–Trinajstić information content (AvgIpc) is 3.82. The molecule has 4 aliphatic rings. The van der Waals surface area contributed by atoms with Gasteiger partial charge in [0, 0.05) is 81.9 Å². The lowest BCUT2D eigenvalue weighted by Crippen LogP contribution is -2.60. The molecule has 4 aromatic carbocycles. The van der Waals surface area contributed by atoms with Crippen LogP contribution in [0.3, 0.4) is 0 Å². The Bertz CT molecular complexity index is 3250. The number of sulfonamides is 1. The van der Waals surface area contributed by atoms with Crippen LogP contribution in [0.4, 0.5) is 21.5 Å². The number of ether oxygens (including phenoxy) is 2. The fourth-order valence-corrected chi connectivity index (χ4v) is 13.4. The maximum atomic E-state index is 14.8. The second-order valence-electron chi connectivity index (χ2n) is 22.5. The highest BCUT2D eigenvalue weighted by Gasteiger charge is 2.50. The van der Waals surface area contributed by atoms with Gasteiger partial charge in [0.25, 0.3) is 21.6 Å². The van der Waals surface area contributed by atoms with E-state index in [9.17, 15) is 32.8 Å². The number of aromatic amines is 1. The number of piperidine rings is 1. The van der Waals surface area contributed by atoms with E-state index in [2.05, 4.69) is 97.9 Å². The molecule has 408 valence electrons. The maximum Gasteiger partial charge on any atom is 0.293 e. The Labute approximate surface area is 450 Å². The molecule has 2 saturated heterocycles. The van der Waals surface area contributed by atoms with Crippen molar-refractivity contribution in [2.24, 2.45) is 11.3 Å². The Morgan fingerprint density at radius 3 is 2.47 bits per heavy atom. The van der Waals surface area contributed by atoms with Gasteiger partial charge in [0.15, 0.2) is 0 Å². The molecule has 4 fully saturated rings. The number of nitrogens with one attached hydrogen (secondary N) is 3. The van der Waals surface area contributed by atoms with Crippen LogP contribution in [0, 0.1) is 27.3 Å². The zero-order chi connectivity index (χ0) is 54.2. The number of H-pyrrole nitrogens is 1. The quantitative estimate of drug-likeness (QED) is 0.0498. The molecule has 1 amide bonds. The van der Waals surface area contributed by atoms with Crippen LogP contribution in [0.1, 0.15) is 124 Å². The van der Waals surface area contributed by atoms with E-state index in [-0.39, 0.29) is 45.5 Å². The Hall–Kier alpha value is -6.60. The van der Waals surface area contributed by atoms with Crippen molar-refractivity contribution in [1.82, 2.24) is 24.5 Å². The molecule has 4 heterocycles. The number of carbonyl (C=O) groups excluding carboxylic acids is 1. The van der Waals surface area contributed by atoms with Crippen molar-refractivity contribution in [2.45, 2.75) is 121 Å². The van der Waals surface area contributed by atoms with Gasteiger partial charge in [-0.3, -0.25) is 24.7 Å². The van der Waals surface area contributed by atoms with Gasteiger partial charge in [-0.05, 0) is 141 Å². The molecule has 0 bridgehead atoms. The number of rotatable bonds is 17. The first-order valence-corrected chi connectivity index (χ1v) is 28.6. The predicted octanol–water partition coefficient (Wildman–Crippen LogP) is 10.9. The first-order valence-electron chi connectivity index (χ1n) is 27.1. The minimum atomic E-state index is -4.65. The van der Waals surface area contributed by atoms with Gasteiger partial charge in [-0.25, -0.2) is 22.5 Å². The maximum absolute atomic E-state index is 14.8. The summed E-state index contributed by atoms with van der Waals surface area (Å²) in [6, 6.07) is 26.2. The number of methoxy groups -OCH3 is 1. The lowest BCUT2D eigenvalue weighted by Gasteiger charge is -2.58. The van der Waals surface area contributed by atoms with Gasteiger partial charge in [0.05, 0.1) is 39.7 Å². The van der Waals surface area contributed by atoms with Crippen molar-refractivity contribution in [3.8, 4) is 17.2 Å². The number of amides is 1. The number of halogens is 1. The number of nitro benzene ring substituents is 1. The summed E-state index contributed by atoms with van der Waals surface area (Å²) in [5, 5.41) is 25.9. The lowest BCUT2D eigenvalue weighted by atomic mass is 9.59. The number of hydrogen-bond donors (Lipinski definition) is 4. The largest absolute Gasteiger partial charge is 0.496 e. The summed E-state index contributed by atoms with van der Waals surface area (Å²) in [5.74, 6) is 0.113. The fourth-order valence-electron chi connectivity index (χ4n) is 12.4. The van der Waals surface area contributed by atoms with E-state index < -0.39 is 42.9 Å². The number of aryl methyl sites for hydroxylation is 1. The first kappa shape index (κ1) is 53.8. The van der Waals surface area contributed by atoms with E-state index in [1.165, 1.54) is 58.9 Å². The third kappa shape index (κ3) is 11.7. The smallest absolute Gasteiger partial charge is 0.293 e. The number of anilines is 2. The molecule has 2 aliphatic carbocycles. The molecule has 18 heteroatoms. The molecule has 1 atom stereocenters. The Balaban J connectivity index is 0.838. The minimum absolute atomic E-state index is 0.0232. The average molecular weight is 1070 g/mol. The van der Waals surface area contributed by atoms with Crippen LogP contribution in [0.2, 0.25) is 0 Å². The number of benzene rings is 4. The van der Waals surface area contributed by atoms with Crippen LogP contribution in [0.15, 0.2) is 102 Å². The van der Waals surface area contributed by atoms with Gasteiger partial charge < -0.3 is 29.8 Å². The second kappa shape index (κ2) is 22.0. The minimum Gasteiger partial charge on any atom is -0.496 e. The predicted molar refractivity (Wildman–Crippen MR) is 296 cm³/mol. The van der Waals surface area contributed by atoms with E-state index in [1.54, 1.807) is 26.2 Å². The van der Waals surface area contributed by atoms with Crippen molar-refractivity contribution in [3.63, 3.8) is 0 Å². The van der Waals surface area contributed by atoms with E-state index in [1.807, 2.05) is 0 Å². The fraction of sp³-hybridized carbons (Fsp3) is 0.458. The summed E-state index contributed by atoms with van der Waals surface area (Å²) in [4.78, 5) is 39.9. The van der Waals surface area contributed by atoms with Crippen molar-refractivity contribution >= 4 is 44.0 Å². The molecular formula is C59H71FN8O8S. The van der Waals surface area contributed by atoms with E-state index >= 15 is 0 Å². The van der Waals surface area contributed by atoms with E-state index in [4.69, 9.17) is 9.47 Å². The van der Waals surface area contributed by atoms with Crippen molar-refractivity contribution < 1.29 is 37.1 Å². The number of aliphatic hydroxyl groups is 1. The van der Waals surface area contributed by atoms with Gasteiger partial charge in [0.2, 0.25) is 0 Å². The number of piperazine rings is 1. The summed E-state index contributed by atoms with van der Waals surface area (Å²) in [7, 11) is -2.90. The van der Waals surface area contributed by atoms with Crippen molar-refractivity contribution in [2.75, 3.05) is 56.6 Å². The molecule has 4 N–H and O–H groups in total. The summed E-state index contributed by atoms with van der Waals surface area (Å²) in [6.45, 7) is 14.2. The highest BCUT2D eigenvalue weighted by molar-refractivity contribution is 7.90. The first-order chi connectivity index (χ1) is 36.9. The van der Waals surface area contributed by atoms with Crippen LogP contribution < -0.4 is 24.4 Å². The van der Waals surface area contributed by atoms with Crippen LogP contribution in [-0.2, 0) is 23.0 Å². The number of nitro groups is 1. The monoisotopic (exact) mass is 1070 g/mol. The molecule has 1 spiro atoms. The molecule has 10 rings (SSSR count). The topological polar surface area (TPSA) is 196 Å². The van der Waals surface area contributed by atoms with Gasteiger partial charge in [0.1, 0.15) is 34.4 Å². The number of carbonyl (C=O) groups is 1. The lowest BCUT2D eigenvalue weighted by molar-refractivity contribution is -0.384. The molecule has 16 nitrogen and oxygen atoms in total. The van der Waals surface area contributed by atoms with Gasteiger partial charge in [-0.15, -0.1) is 0 Å². The van der Waals surface area contributed by atoms with Crippen molar-refractivity contribution in [3.05, 3.63) is 141 Å². The molecular weight excluding hydrogens is 1000 g/mol. The SMILES string of the molecule is CCc1ccc(CN2CCN(C3CC4(CCN(c5ccc(C(=O)NS(=O)(=O)c6ccc(NC[C@H]7CC[C@](C)(O)CC7)c([N+](=O)[O-])c6)c(Oc6cnc7[nH]cc(F)c7c6)c5)CC4)C3)[C@H](c3ccccc3C(C)C)C2)cc1OC. The highest BCUT2D eigenvalue weighted by Crippen LogP contribution is 2.53. The number of hydrogen-bond acceptors (Lipinski definition) is 13. The van der Waals surface area contributed by atoms with Gasteiger partial charge >= 0.3 is 0 Å². The van der Waals surface area contributed by atoms with Gasteiger partial charge in [-0.2, -0.15) is 0 Å². The number of fused-ring (bicyclic) bond motifs is 1. The van der Waals surface area contributed by atoms with E-state index in [0.29, 0.717) is 37.0 Å². The zero-order valence-corrected chi connectivity index (χ0v) is 45.5. The molecule has 0 radical (unpaired) electrons. The Morgan fingerprint density at radius 2 is 1.74 bits per heavy atom. The standard InChI is InChI=1S/C59H71FN8O8S/c1-6-41-12-11-40(27-54(41)75-5)36-65-25-26-67(53(37-65)47-10-8-7-9-46(47)38(2)3)43-31-59(32-43)21-23-66(24-22-59)42-13-15-48(55(28-42)76-44-29-49-50(60)35-63-56(49)62-34-44)57(69)64-77(73,74)45-14-16-51(52(30-45)68(71)72)61-33-39-17-19-58(4,70)20-18-39/h7-16,27-30,34-35,38-39,43,53,61,70H,6,17-26,31-33,36-37H2,1-5H3,(H,62,63)(H,64,69)/t39-,53-,58-/m0/s1. The molecule has 6 aromatic rings. The second-order valence-corrected chi connectivity index (χ2v) is 24.2. The van der Waals surface area contributed by atoms with E-state index in [0.717, 1.165) is 102 Å². The molecule has 2 aromatic heterocycles. The third-order valence-corrected chi connectivity index (χ3v) is 18.3. The number of aromatic nitrogens is 2. The molecule has 2 saturated carbocycles. The number of pyridine rings is 1. The zero-order valence-electron chi connectivity index (χ0n) is 44.7. The molecule has 77 heavy (non-hydrogen) atoms. The summed E-state index contributed by atoms with van der Waals surface area (Å²) in [5.41, 5.74) is 5.39. The molecule has 0 unspecified atom stereocenters. The van der Waals surface area contributed by atoms with Crippen LogP contribution in [0.5, 0.6) is 17.2 Å². The normalized spacial score (nSPS) is 21.3. The van der Waals surface area contributed by atoms with Gasteiger partial charge in [-0.1, -0.05) is 57.2 Å². The summed E-state index contributed by atoms with van der Waals surface area (Å²) < 4.78 is 56.7. The van der Waals surface area contributed by atoms with Crippen LogP contribution in [-0.4, -0.2) is 102 Å². The third-order valence-electron chi connectivity index (χ3n) is 17.0. The Kier molecular flexibility index (Phi) is 15.4. The van der Waals surface area contributed by atoms with Crippen LogP contribution >= 0.6 is 0 Å². The summed E-state index contributed by atoms with van der Waals surface area (Å²) in [6.07, 6.45) is 10.4. The Morgan fingerprint density at radius 1 is 0.974 bits per heavy atom. The molecule has 2 aliphatic heterocycles. The van der Waals surface area contributed by atoms with Crippen LogP contribution in [0.25, 0.3) is 11.0 Å².